The summed E-state index contributed by atoms with van der Waals surface area (Å²) in [5, 5.41) is 0. The van der Waals surface area contributed by atoms with Crippen LogP contribution in [0.2, 0.25) is 0 Å². The van der Waals surface area contributed by atoms with Crippen LogP contribution in [0.3, 0.4) is 0 Å². The van der Waals surface area contributed by atoms with Gasteiger partial charge in [-0.05, 0) is 6.92 Å². The lowest BCUT2D eigenvalue weighted by Crippen LogP contribution is -2.41. The molecule has 0 bridgehead atoms. The summed E-state index contributed by atoms with van der Waals surface area (Å²) in [6, 6.07) is 0. The van der Waals surface area contributed by atoms with Gasteiger partial charge in [-0.15, -0.1) is 0 Å². The van der Waals surface area contributed by atoms with E-state index in [1.165, 1.54) is 12.7 Å². The Balaban J connectivity index is 2.53. The molecular weight excluding hydrogens is 142 g/mol. The Bertz CT molecular complexity index is 311. The van der Waals surface area contributed by atoms with Crippen LogP contribution in [0.1, 0.15) is 6.92 Å². The summed E-state index contributed by atoms with van der Waals surface area (Å²) in [4.78, 5) is 15.9. The smallest absolute Gasteiger partial charge is 0.196 e. The highest BCUT2D eigenvalue weighted by atomic mass is 15.2. The van der Waals surface area contributed by atoms with E-state index in [1.54, 1.807) is 0 Å². The van der Waals surface area contributed by atoms with Crippen LogP contribution in [0, 0.1) is 0 Å². The molecule has 0 aromatic heterocycles. The average molecular weight is 149 g/mol. The largest absolute Gasteiger partial charge is 0.382 e. The fourth-order valence-corrected chi connectivity index (χ4v) is 1.05. The Labute approximate surface area is 63.5 Å². The van der Waals surface area contributed by atoms with Crippen molar-refractivity contribution in [3.63, 3.8) is 0 Å². The maximum absolute atomic E-state index is 5.55. The molecule has 2 aliphatic rings. The number of nitrogens with two attached hydrogens (primary N) is 1. The minimum atomic E-state index is -0.605. The first-order chi connectivity index (χ1) is 5.22. The monoisotopic (exact) mass is 149 g/mol. The van der Waals surface area contributed by atoms with Gasteiger partial charge in [-0.25, -0.2) is 20.0 Å². The molecule has 0 amide bonds. The first-order valence-corrected chi connectivity index (χ1v) is 3.22. The third-order valence-corrected chi connectivity index (χ3v) is 1.69. The standard InChI is InChI=1S/C6H7N5/c1-6-4(8-2-10-6)5(7)9-3-11-6/h2-3H,1H3,(H2,7,9,11). The van der Waals surface area contributed by atoms with Crippen LogP contribution in [0.15, 0.2) is 20.0 Å². The molecule has 56 valence electrons. The quantitative estimate of drug-likeness (QED) is 0.499. The van der Waals surface area contributed by atoms with Gasteiger partial charge in [0.05, 0.1) is 0 Å². The maximum atomic E-state index is 5.55. The fraction of sp³-hybridized carbons (Fsp3) is 0.333. The zero-order valence-corrected chi connectivity index (χ0v) is 6.02. The average Bonchev–Trinajstić information content (AvgIpc) is 2.31. The van der Waals surface area contributed by atoms with Gasteiger partial charge in [0, 0.05) is 0 Å². The van der Waals surface area contributed by atoms with Crippen molar-refractivity contribution in [1.29, 1.82) is 0 Å². The highest BCUT2D eigenvalue weighted by Gasteiger charge is 2.35. The van der Waals surface area contributed by atoms with E-state index < -0.39 is 5.66 Å². The molecule has 11 heavy (non-hydrogen) atoms. The summed E-state index contributed by atoms with van der Waals surface area (Å²) < 4.78 is 0. The Morgan fingerprint density at radius 3 is 2.55 bits per heavy atom. The maximum Gasteiger partial charge on any atom is 0.196 e. The molecule has 0 radical (unpaired) electrons. The Morgan fingerprint density at radius 1 is 1.27 bits per heavy atom. The minimum absolute atomic E-state index is 0.403. The minimum Gasteiger partial charge on any atom is -0.382 e. The number of amidine groups is 1. The summed E-state index contributed by atoms with van der Waals surface area (Å²) in [7, 11) is 0. The first-order valence-electron chi connectivity index (χ1n) is 3.22. The van der Waals surface area contributed by atoms with Crippen molar-refractivity contribution >= 4 is 24.2 Å². The lowest BCUT2D eigenvalue weighted by Gasteiger charge is -2.19. The van der Waals surface area contributed by atoms with Crippen molar-refractivity contribution < 1.29 is 0 Å². The Morgan fingerprint density at radius 2 is 1.91 bits per heavy atom. The van der Waals surface area contributed by atoms with E-state index >= 15 is 0 Å². The van der Waals surface area contributed by atoms with Gasteiger partial charge in [0.1, 0.15) is 18.4 Å². The second kappa shape index (κ2) is 1.75. The molecule has 2 rings (SSSR count). The van der Waals surface area contributed by atoms with Crippen LogP contribution in [0.5, 0.6) is 0 Å². The van der Waals surface area contributed by atoms with Crippen molar-refractivity contribution in [3.05, 3.63) is 0 Å². The number of aliphatic imine (C=N–C) groups is 4. The van der Waals surface area contributed by atoms with Crippen molar-refractivity contribution in [3.8, 4) is 0 Å². The van der Waals surface area contributed by atoms with Crippen molar-refractivity contribution in [1.82, 2.24) is 0 Å². The van der Waals surface area contributed by atoms with E-state index in [0.717, 1.165) is 0 Å². The third kappa shape index (κ3) is 0.705. The molecule has 5 heteroatoms. The van der Waals surface area contributed by atoms with Crippen LogP contribution >= 0.6 is 0 Å². The molecule has 0 aromatic carbocycles. The van der Waals surface area contributed by atoms with Gasteiger partial charge in [0.2, 0.25) is 0 Å². The number of nitrogens with zero attached hydrogens (tertiary/aromatic N) is 4. The highest BCUT2D eigenvalue weighted by Crippen LogP contribution is 2.20. The van der Waals surface area contributed by atoms with Crippen LogP contribution in [-0.4, -0.2) is 29.9 Å². The second-order valence-corrected chi connectivity index (χ2v) is 2.50. The Hall–Kier alpha value is -1.52. The lowest BCUT2D eigenvalue weighted by atomic mass is 10.1. The second-order valence-electron chi connectivity index (χ2n) is 2.50. The summed E-state index contributed by atoms with van der Waals surface area (Å²) >= 11 is 0. The van der Waals surface area contributed by atoms with Crippen LogP contribution < -0.4 is 5.73 Å². The SMILES string of the molecule is CC12N=CN=C(N)C1=NC=N2. The number of hydrogen-bond acceptors (Lipinski definition) is 5. The predicted molar refractivity (Wildman–Crippen MR) is 44.4 cm³/mol. The summed E-state index contributed by atoms with van der Waals surface area (Å²) in [5.74, 6) is 0.403. The van der Waals surface area contributed by atoms with E-state index in [9.17, 15) is 0 Å². The Kier molecular flexibility index (Phi) is 0.986. The van der Waals surface area contributed by atoms with Gasteiger partial charge in [-0.1, -0.05) is 0 Å². The molecule has 0 aliphatic carbocycles. The van der Waals surface area contributed by atoms with Crippen LogP contribution in [-0.2, 0) is 0 Å². The molecule has 2 N–H and O–H groups in total. The van der Waals surface area contributed by atoms with Crippen molar-refractivity contribution in [2.24, 2.45) is 25.7 Å². The molecule has 0 saturated heterocycles. The van der Waals surface area contributed by atoms with Gasteiger partial charge in [0.15, 0.2) is 11.5 Å². The van der Waals surface area contributed by atoms with Crippen molar-refractivity contribution in [2.45, 2.75) is 12.6 Å². The highest BCUT2D eigenvalue weighted by molar-refractivity contribution is 6.47. The molecule has 1 unspecified atom stereocenters. The lowest BCUT2D eigenvalue weighted by molar-refractivity contribution is 0.686. The summed E-state index contributed by atoms with van der Waals surface area (Å²) in [6.45, 7) is 1.84. The molecule has 0 fully saturated rings. The van der Waals surface area contributed by atoms with Crippen LogP contribution in [0.4, 0.5) is 0 Å². The first kappa shape index (κ1) is 6.21. The molecular formula is C6H7N5. The molecule has 0 spiro atoms. The van der Waals surface area contributed by atoms with Gasteiger partial charge in [0.25, 0.3) is 0 Å². The zero-order chi connectivity index (χ0) is 7.90. The topological polar surface area (TPSA) is 75.5 Å². The van der Waals surface area contributed by atoms with E-state index in [1.807, 2.05) is 6.92 Å². The fourth-order valence-electron chi connectivity index (χ4n) is 1.05. The molecule has 2 heterocycles. The molecule has 2 aliphatic heterocycles. The van der Waals surface area contributed by atoms with E-state index in [-0.39, 0.29) is 0 Å². The van der Waals surface area contributed by atoms with Crippen LogP contribution in [0.25, 0.3) is 0 Å². The van der Waals surface area contributed by atoms with Gasteiger partial charge < -0.3 is 5.73 Å². The third-order valence-electron chi connectivity index (χ3n) is 1.69. The van der Waals surface area contributed by atoms with E-state index in [2.05, 4.69) is 20.0 Å². The van der Waals surface area contributed by atoms with E-state index in [4.69, 9.17) is 5.73 Å². The molecule has 1 atom stereocenters. The zero-order valence-electron chi connectivity index (χ0n) is 6.02. The molecule has 0 saturated carbocycles. The molecule has 5 nitrogen and oxygen atoms in total. The summed E-state index contributed by atoms with van der Waals surface area (Å²) in [6.07, 6.45) is 2.87. The number of rotatable bonds is 0. The summed E-state index contributed by atoms with van der Waals surface area (Å²) in [5.41, 5.74) is 5.59. The molecule has 0 aromatic rings. The number of fused-ring (bicyclic) bond motifs is 1. The van der Waals surface area contributed by atoms with E-state index in [0.29, 0.717) is 11.5 Å². The van der Waals surface area contributed by atoms with Gasteiger partial charge in [-0.2, -0.15) is 0 Å². The van der Waals surface area contributed by atoms with Gasteiger partial charge >= 0.3 is 0 Å². The predicted octanol–water partition coefficient (Wildman–Crippen LogP) is -0.415. The normalized spacial score (nSPS) is 33.2. The van der Waals surface area contributed by atoms with Gasteiger partial charge in [-0.3, -0.25) is 0 Å². The van der Waals surface area contributed by atoms with Crippen molar-refractivity contribution in [2.75, 3.05) is 0 Å². The number of hydrogen-bond donors (Lipinski definition) is 1.